The van der Waals surface area contributed by atoms with Gasteiger partial charge in [0.2, 0.25) is 0 Å². The van der Waals surface area contributed by atoms with Crippen molar-refractivity contribution >= 4 is 26.7 Å². The highest BCUT2D eigenvalue weighted by molar-refractivity contribution is 9.10. The molecule has 0 aliphatic carbocycles. The summed E-state index contributed by atoms with van der Waals surface area (Å²) in [5.74, 6) is 0.885. The SMILES string of the molecule is Cc1cc(Br)c(OCc2ccccc2)c(-c2cccc3ccccc23)c1. The van der Waals surface area contributed by atoms with E-state index in [0.29, 0.717) is 6.61 Å². The van der Waals surface area contributed by atoms with Gasteiger partial charge in [0.15, 0.2) is 0 Å². The molecule has 1 nitrogen and oxygen atoms in total. The Bertz CT molecular complexity index is 1050. The zero-order chi connectivity index (χ0) is 17.9. The van der Waals surface area contributed by atoms with Gasteiger partial charge in [0.05, 0.1) is 4.47 Å². The minimum absolute atomic E-state index is 0.542. The second-order valence-corrected chi connectivity index (χ2v) is 7.28. The third kappa shape index (κ3) is 3.38. The van der Waals surface area contributed by atoms with Crippen molar-refractivity contribution in [3.05, 3.63) is 101 Å². The van der Waals surface area contributed by atoms with Gasteiger partial charge < -0.3 is 4.74 Å². The lowest BCUT2D eigenvalue weighted by molar-refractivity contribution is 0.305. The van der Waals surface area contributed by atoms with Crippen molar-refractivity contribution in [1.29, 1.82) is 0 Å². The van der Waals surface area contributed by atoms with Crippen LogP contribution < -0.4 is 4.74 Å². The maximum absolute atomic E-state index is 6.27. The Morgan fingerprint density at radius 2 is 1.50 bits per heavy atom. The number of hydrogen-bond acceptors (Lipinski definition) is 1. The Hall–Kier alpha value is -2.58. The number of ether oxygens (including phenoxy) is 1. The fourth-order valence-corrected chi connectivity index (χ4v) is 3.95. The lowest BCUT2D eigenvalue weighted by Gasteiger charge is -2.16. The van der Waals surface area contributed by atoms with Gasteiger partial charge in [0.1, 0.15) is 12.4 Å². The number of aryl methyl sites for hydroxylation is 1. The van der Waals surface area contributed by atoms with Gasteiger partial charge in [0.25, 0.3) is 0 Å². The first-order valence-corrected chi connectivity index (χ1v) is 9.47. The Labute approximate surface area is 162 Å². The van der Waals surface area contributed by atoms with Gasteiger partial charge in [-0.1, -0.05) is 72.8 Å². The average Bonchev–Trinajstić information content (AvgIpc) is 2.67. The summed E-state index contributed by atoms with van der Waals surface area (Å²) in [7, 11) is 0. The molecule has 0 atom stereocenters. The van der Waals surface area contributed by atoms with Crippen molar-refractivity contribution in [2.45, 2.75) is 13.5 Å². The molecule has 128 valence electrons. The smallest absolute Gasteiger partial charge is 0.141 e. The van der Waals surface area contributed by atoms with Gasteiger partial charge in [-0.05, 0) is 62.4 Å². The van der Waals surface area contributed by atoms with E-state index in [1.54, 1.807) is 0 Å². The third-order valence-electron chi connectivity index (χ3n) is 4.49. The molecule has 2 heteroatoms. The van der Waals surface area contributed by atoms with Gasteiger partial charge in [-0.15, -0.1) is 0 Å². The molecule has 0 spiro atoms. The van der Waals surface area contributed by atoms with Gasteiger partial charge in [0, 0.05) is 5.56 Å². The molecule has 0 radical (unpaired) electrons. The van der Waals surface area contributed by atoms with E-state index in [4.69, 9.17) is 4.74 Å². The molecular formula is C24H19BrO. The molecule has 26 heavy (non-hydrogen) atoms. The standard InChI is InChI=1S/C24H19BrO/c1-17-14-22(21-13-7-11-19-10-5-6-12-20(19)21)24(23(25)15-17)26-16-18-8-3-2-4-9-18/h2-15H,16H2,1H3. The number of fused-ring (bicyclic) bond motifs is 1. The van der Waals surface area contributed by atoms with Crippen LogP contribution in [0.2, 0.25) is 0 Å². The van der Waals surface area contributed by atoms with E-state index >= 15 is 0 Å². The van der Waals surface area contributed by atoms with E-state index in [2.05, 4.69) is 89.6 Å². The number of benzene rings is 4. The van der Waals surface area contributed by atoms with Crippen LogP contribution in [0.15, 0.2) is 89.4 Å². The highest BCUT2D eigenvalue weighted by Gasteiger charge is 2.14. The van der Waals surface area contributed by atoms with Gasteiger partial charge in [-0.3, -0.25) is 0 Å². The molecule has 0 saturated heterocycles. The topological polar surface area (TPSA) is 9.23 Å². The second-order valence-electron chi connectivity index (χ2n) is 6.42. The maximum Gasteiger partial charge on any atom is 0.141 e. The molecular weight excluding hydrogens is 384 g/mol. The highest BCUT2D eigenvalue weighted by Crippen LogP contribution is 2.40. The quantitative estimate of drug-likeness (QED) is 0.351. The monoisotopic (exact) mass is 402 g/mol. The third-order valence-corrected chi connectivity index (χ3v) is 5.08. The van der Waals surface area contributed by atoms with E-state index in [0.717, 1.165) is 21.3 Å². The molecule has 0 aliphatic rings. The van der Waals surface area contributed by atoms with E-state index in [9.17, 15) is 0 Å². The van der Waals surface area contributed by atoms with Crippen LogP contribution in [-0.2, 0) is 6.61 Å². The summed E-state index contributed by atoms with van der Waals surface area (Å²) in [6, 6.07) is 29.5. The Morgan fingerprint density at radius 1 is 0.769 bits per heavy atom. The summed E-state index contributed by atoms with van der Waals surface area (Å²) < 4.78 is 7.25. The van der Waals surface area contributed by atoms with Crippen molar-refractivity contribution in [2.75, 3.05) is 0 Å². The van der Waals surface area contributed by atoms with Gasteiger partial charge in [-0.25, -0.2) is 0 Å². The average molecular weight is 403 g/mol. The molecule has 0 saturated carbocycles. The lowest BCUT2D eigenvalue weighted by Crippen LogP contribution is -1.98. The summed E-state index contributed by atoms with van der Waals surface area (Å²) in [5, 5.41) is 2.47. The summed E-state index contributed by atoms with van der Waals surface area (Å²) >= 11 is 3.71. The summed E-state index contributed by atoms with van der Waals surface area (Å²) in [6.45, 7) is 2.65. The Morgan fingerprint density at radius 3 is 2.35 bits per heavy atom. The zero-order valence-corrected chi connectivity index (χ0v) is 16.2. The molecule has 4 aromatic rings. The Kier molecular flexibility index (Phi) is 4.77. The minimum atomic E-state index is 0.542. The van der Waals surface area contributed by atoms with E-state index in [-0.39, 0.29) is 0 Å². The molecule has 0 unspecified atom stereocenters. The van der Waals surface area contributed by atoms with Crippen LogP contribution in [0.25, 0.3) is 21.9 Å². The number of hydrogen-bond donors (Lipinski definition) is 0. The zero-order valence-electron chi connectivity index (χ0n) is 14.6. The summed E-state index contributed by atoms with van der Waals surface area (Å²) in [5.41, 5.74) is 4.66. The predicted octanol–water partition coefficient (Wildman–Crippen LogP) is 7.16. The van der Waals surface area contributed by atoms with Crippen molar-refractivity contribution < 1.29 is 4.74 Å². The first-order chi connectivity index (χ1) is 12.7. The van der Waals surface area contributed by atoms with Crippen LogP contribution in [0.1, 0.15) is 11.1 Å². The fraction of sp³-hybridized carbons (Fsp3) is 0.0833. The fourth-order valence-electron chi connectivity index (χ4n) is 3.27. The van der Waals surface area contributed by atoms with Crippen LogP contribution in [0.5, 0.6) is 5.75 Å². The summed E-state index contributed by atoms with van der Waals surface area (Å²) in [4.78, 5) is 0. The predicted molar refractivity (Wildman–Crippen MR) is 113 cm³/mol. The maximum atomic E-state index is 6.27. The molecule has 0 fully saturated rings. The second kappa shape index (κ2) is 7.35. The van der Waals surface area contributed by atoms with Gasteiger partial charge >= 0.3 is 0 Å². The molecule has 0 N–H and O–H groups in total. The molecule has 4 aromatic carbocycles. The summed E-state index contributed by atoms with van der Waals surface area (Å²) in [6.07, 6.45) is 0. The minimum Gasteiger partial charge on any atom is -0.487 e. The normalized spacial score (nSPS) is 10.8. The van der Waals surface area contributed by atoms with Crippen LogP contribution in [0, 0.1) is 6.92 Å². The highest BCUT2D eigenvalue weighted by atomic mass is 79.9. The van der Waals surface area contributed by atoms with Crippen LogP contribution in [0.3, 0.4) is 0 Å². The number of halogens is 1. The van der Waals surface area contributed by atoms with E-state index in [1.165, 1.54) is 21.9 Å². The molecule has 0 heterocycles. The number of rotatable bonds is 4. The molecule has 0 amide bonds. The first kappa shape index (κ1) is 16.9. The van der Waals surface area contributed by atoms with Gasteiger partial charge in [-0.2, -0.15) is 0 Å². The van der Waals surface area contributed by atoms with Crippen molar-refractivity contribution in [1.82, 2.24) is 0 Å². The van der Waals surface area contributed by atoms with E-state index in [1.807, 2.05) is 18.2 Å². The Balaban J connectivity index is 1.82. The molecule has 4 rings (SSSR count). The van der Waals surface area contributed by atoms with Crippen LogP contribution >= 0.6 is 15.9 Å². The van der Waals surface area contributed by atoms with Crippen LogP contribution in [-0.4, -0.2) is 0 Å². The molecule has 0 bridgehead atoms. The molecule has 0 aromatic heterocycles. The largest absolute Gasteiger partial charge is 0.487 e. The van der Waals surface area contributed by atoms with Crippen molar-refractivity contribution in [3.63, 3.8) is 0 Å². The van der Waals surface area contributed by atoms with E-state index < -0.39 is 0 Å². The molecule has 0 aliphatic heterocycles. The first-order valence-electron chi connectivity index (χ1n) is 8.67. The van der Waals surface area contributed by atoms with Crippen molar-refractivity contribution in [3.8, 4) is 16.9 Å². The van der Waals surface area contributed by atoms with Crippen LogP contribution in [0.4, 0.5) is 0 Å². The lowest BCUT2D eigenvalue weighted by atomic mass is 9.96. The van der Waals surface area contributed by atoms with Crippen molar-refractivity contribution in [2.24, 2.45) is 0 Å².